The molecule has 3 aromatic carbocycles. The molecule has 0 spiro atoms. The third-order valence-corrected chi connectivity index (χ3v) is 10.3. The predicted octanol–water partition coefficient (Wildman–Crippen LogP) is 5.68. The van der Waals surface area contributed by atoms with Crippen molar-refractivity contribution in [3.8, 4) is 0 Å². The van der Waals surface area contributed by atoms with Crippen molar-refractivity contribution in [1.82, 2.24) is 15.1 Å². The van der Waals surface area contributed by atoms with Gasteiger partial charge in [-0.15, -0.1) is 0 Å². The van der Waals surface area contributed by atoms with Crippen LogP contribution in [0.2, 0.25) is 0 Å². The number of aliphatic hydroxyl groups excluding tert-OH is 1. The van der Waals surface area contributed by atoms with E-state index in [1.165, 1.54) is 38.8 Å². The summed E-state index contributed by atoms with van der Waals surface area (Å²) in [6, 6.07) is 23.9. The van der Waals surface area contributed by atoms with Gasteiger partial charge in [-0.05, 0) is 87.0 Å². The highest BCUT2D eigenvalue weighted by atomic mass is 16.7. The van der Waals surface area contributed by atoms with Crippen LogP contribution in [0.25, 0.3) is 0 Å². The number of amides is 2. The number of hydrogen-bond acceptors (Lipinski definition) is 8. The van der Waals surface area contributed by atoms with Crippen molar-refractivity contribution < 1.29 is 24.2 Å². The van der Waals surface area contributed by atoms with Gasteiger partial charge < -0.3 is 35.8 Å². The number of rotatable bonds is 15. The Morgan fingerprint density at radius 2 is 1.50 bits per heavy atom. The average molecular weight is 684 g/mol. The number of carbonyl (C=O) groups is 2. The molecule has 4 unspecified atom stereocenters. The van der Waals surface area contributed by atoms with Crippen molar-refractivity contribution in [2.24, 2.45) is 0 Å². The second-order valence-electron chi connectivity index (χ2n) is 14.0. The number of hydrogen-bond donors (Lipinski definition) is 4. The van der Waals surface area contributed by atoms with Crippen LogP contribution >= 0.6 is 0 Å². The van der Waals surface area contributed by atoms with Crippen LogP contribution in [0.1, 0.15) is 92.4 Å². The third-order valence-electron chi connectivity index (χ3n) is 10.3. The minimum absolute atomic E-state index is 0.0184. The number of nitrogens with one attached hydrogen (secondary N) is 2. The molecule has 5 N–H and O–H groups in total. The Morgan fingerprint density at radius 1 is 0.800 bits per heavy atom. The molecule has 3 fully saturated rings. The van der Waals surface area contributed by atoms with Crippen LogP contribution in [-0.4, -0.2) is 71.6 Å². The lowest BCUT2D eigenvalue weighted by Gasteiger charge is -2.39. The van der Waals surface area contributed by atoms with Crippen molar-refractivity contribution in [2.45, 2.75) is 95.5 Å². The van der Waals surface area contributed by atoms with E-state index < -0.39 is 6.29 Å². The molecule has 6 rings (SSSR count). The quantitative estimate of drug-likeness (QED) is 0.119. The number of benzene rings is 3. The third kappa shape index (κ3) is 10.1. The van der Waals surface area contributed by atoms with Gasteiger partial charge in [-0.25, -0.2) is 0 Å². The van der Waals surface area contributed by atoms with E-state index >= 15 is 0 Å². The summed E-state index contributed by atoms with van der Waals surface area (Å²) in [4.78, 5) is 30.0. The minimum Gasteiger partial charge on any atom is -0.397 e. The summed E-state index contributed by atoms with van der Waals surface area (Å²) in [5.41, 5.74) is 11.0. The van der Waals surface area contributed by atoms with Gasteiger partial charge in [-0.3, -0.25) is 14.5 Å². The molecule has 50 heavy (non-hydrogen) atoms. The summed E-state index contributed by atoms with van der Waals surface area (Å²) in [6.45, 7) is 6.04. The zero-order valence-electron chi connectivity index (χ0n) is 29.1. The lowest BCUT2D eigenvalue weighted by Crippen LogP contribution is -2.45. The molecule has 4 atom stereocenters. The summed E-state index contributed by atoms with van der Waals surface area (Å²) >= 11 is 0. The van der Waals surface area contributed by atoms with Gasteiger partial charge in [0.2, 0.25) is 11.8 Å². The lowest BCUT2D eigenvalue weighted by atomic mass is 9.99. The first-order valence-electron chi connectivity index (χ1n) is 18.4. The van der Waals surface area contributed by atoms with Crippen molar-refractivity contribution in [1.29, 1.82) is 0 Å². The molecule has 3 saturated heterocycles. The number of unbranched alkanes of at least 4 members (excludes halogenated alkanes) is 1. The first-order chi connectivity index (χ1) is 24.4. The number of carbonyl (C=O) groups excluding carboxylic acids is 2. The van der Waals surface area contributed by atoms with E-state index in [9.17, 15) is 14.7 Å². The molecule has 0 radical (unpaired) electrons. The molecule has 0 aliphatic carbocycles. The Hall–Kier alpha value is -3.80. The van der Waals surface area contributed by atoms with Gasteiger partial charge in [0, 0.05) is 50.5 Å². The van der Waals surface area contributed by atoms with Crippen LogP contribution in [0.3, 0.4) is 0 Å². The highest BCUT2D eigenvalue weighted by Gasteiger charge is 2.36. The molecule has 10 heteroatoms. The van der Waals surface area contributed by atoms with Gasteiger partial charge in [-0.1, -0.05) is 60.7 Å². The van der Waals surface area contributed by atoms with E-state index in [2.05, 4.69) is 32.6 Å². The van der Waals surface area contributed by atoms with E-state index in [-0.39, 0.29) is 30.6 Å². The molecule has 268 valence electrons. The molecular formula is C40H53N5O5. The number of nitrogens with zero attached hydrogens (tertiary/aromatic N) is 2. The van der Waals surface area contributed by atoms with Crippen LogP contribution in [0.15, 0.2) is 72.8 Å². The van der Waals surface area contributed by atoms with Gasteiger partial charge in [0.1, 0.15) is 0 Å². The average Bonchev–Trinajstić information content (AvgIpc) is 3.83. The summed E-state index contributed by atoms with van der Waals surface area (Å²) in [5, 5.41) is 15.4. The maximum absolute atomic E-state index is 12.5. The van der Waals surface area contributed by atoms with E-state index in [1.54, 1.807) is 12.1 Å². The summed E-state index contributed by atoms with van der Waals surface area (Å²) in [5.74, 6) is -0.145. The minimum atomic E-state index is -0.505. The Morgan fingerprint density at radius 3 is 2.24 bits per heavy atom. The molecular weight excluding hydrogens is 630 g/mol. The topological polar surface area (TPSA) is 129 Å². The number of likely N-dealkylation sites (tertiary alicyclic amines) is 2. The van der Waals surface area contributed by atoms with Gasteiger partial charge >= 0.3 is 0 Å². The van der Waals surface area contributed by atoms with Crippen LogP contribution in [0.4, 0.5) is 11.4 Å². The monoisotopic (exact) mass is 683 g/mol. The van der Waals surface area contributed by atoms with Gasteiger partial charge in [0.05, 0.1) is 30.2 Å². The van der Waals surface area contributed by atoms with Crippen LogP contribution in [0, 0.1) is 0 Å². The number of para-hydroxylation sites is 2. The van der Waals surface area contributed by atoms with Crippen molar-refractivity contribution >= 4 is 23.2 Å². The Labute approximate surface area is 296 Å². The molecule has 2 amide bonds. The first kappa shape index (κ1) is 36.0. The zero-order valence-corrected chi connectivity index (χ0v) is 29.1. The largest absolute Gasteiger partial charge is 0.397 e. The molecule has 10 nitrogen and oxygen atoms in total. The van der Waals surface area contributed by atoms with Crippen LogP contribution < -0.4 is 16.4 Å². The summed E-state index contributed by atoms with van der Waals surface area (Å²) in [7, 11) is 0. The van der Waals surface area contributed by atoms with E-state index in [1.807, 2.05) is 48.5 Å². The summed E-state index contributed by atoms with van der Waals surface area (Å²) in [6.07, 6.45) is 7.22. The Balaban J connectivity index is 0.999. The van der Waals surface area contributed by atoms with Crippen molar-refractivity contribution in [3.05, 3.63) is 95.1 Å². The van der Waals surface area contributed by atoms with E-state index in [0.29, 0.717) is 49.6 Å². The number of anilines is 2. The predicted molar refractivity (Wildman–Crippen MR) is 195 cm³/mol. The molecule has 0 aromatic heterocycles. The number of nitrogen functional groups attached to an aromatic ring is 1. The second-order valence-corrected chi connectivity index (χ2v) is 14.0. The second kappa shape index (κ2) is 17.9. The fraction of sp³-hybridized carbons (Fsp3) is 0.500. The smallest absolute Gasteiger partial charge is 0.224 e. The fourth-order valence-electron chi connectivity index (χ4n) is 7.38. The summed E-state index contributed by atoms with van der Waals surface area (Å²) < 4.78 is 13.3. The van der Waals surface area contributed by atoms with Crippen LogP contribution in [-0.2, 0) is 32.2 Å². The molecule has 3 aliphatic rings. The van der Waals surface area contributed by atoms with Gasteiger partial charge in [-0.2, -0.15) is 0 Å². The highest BCUT2D eigenvalue weighted by Crippen LogP contribution is 2.39. The molecule has 0 saturated carbocycles. The highest BCUT2D eigenvalue weighted by molar-refractivity contribution is 5.93. The molecule has 0 bridgehead atoms. The normalized spacial score (nSPS) is 22.8. The maximum Gasteiger partial charge on any atom is 0.224 e. The Bertz CT molecular complexity index is 1530. The lowest BCUT2D eigenvalue weighted by molar-refractivity contribution is -0.253. The van der Waals surface area contributed by atoms with Crippen molar-refractivity contribution in [3.63, 3.8) is 0 Å². The molecule has 3 aromatic rings. The van der Waals surface area contributed by atoms with Crippen LogP contribution in [0.5, 0.6) is 0 Å². The SMILES string of the molecule is Nc1ccccc1NC(=O)CCCCC(=O)NCc1ccc(C2OC(CN3CCCC3CN3CCCC3)CC(c3ccc(CO)cc3)O2)cc1. The number of aliphatic hydroxyl groups is 1. The Kier molecular flexibility index (Phi) is 12.9. The van der Waals surface area contributed by atoms with Gasteiger partial charge in [0.15, 0.2) is 6.29 Å². The molecule has 3 aliphatic heterocycles. The zero-order chi connectivity index (χ0) is 34.7. The molecule has 3 heterocycles. The number of nitrogens with two attached hydrogens (primary N) is 1. The van der Waals surface area contributed by atoms with E-state index in [0.717, 1.165) is 48.3 Å². The first-order valence-corrected chi connectivity index (χ1v) is 18.4. The standard InChI is InChI=1S/C40H53N5O5/c41-35-9-1-2-10-36(35)43-39(48)12-4-3-11-38(47)42-25-29-13-19-32(20-14-29)40-49-34(24-37(50-40)31-17-15-30(28-46)16-18-31)27-45-23-7-8-33(45)26-44-21-5-6-22-44/h1-2,9-10,13-20,33-34,37,40,46H,3-8,11-12,21-28,41H2,(H,42,47)(H,43,48). The number of ether oxygens (including phenoxy) is 2. The van der Waals surface area contributed by atoms with Crippen molar-refractivity contribution in [2.75, 3.05) is 43.8 Å². The van der Waals surface area contributed by atoms with Gasteiger partial charge in [0.25, 0.3) is 0 Å². The maximum atomic E-state index is 12.5. The fourth-order valence-corrected chi connectivity index (χ4v) is 7.38. The van der Waals surface area contributed by atoms with E-state index in [4.69, 9.17) is 15.2 Å².